The minimum atomic E-state index is -4.54. The van der Waals surface area contributed by atoms with Gasteiger partial charge in [0, 0.05) is 34.2 Å². The van der Waals surface area contributed by atoms with Gasteiger partial charge in [-0.15, -0.1) is 0 Å². The van der Waals surface area contributed by atoms with Gasteiger partial charge < -0.3 is 29.7 Å². The van der Waals surface area contributed by atoms with Crippen LogP contribution >= 0.6 is 22.6 Å². The molecule has 230 valence electrons. The van der Waals surface area contributed by atoms with Crippen LogP contribution in [0.2, 0.25) is 0 Å². The second-order valence-electron chi connectivity index (χ2n) is 11.0. The van der Waals surface area contributed by atoms with E-state index in [-0.39, 0.29) is 36.0 Å². The lowest BCUT2D eigenvalue weighted by molar-refractivity contribution is -0.139. The molecule has 1 aliphatic rings. The molecule has 1 unspecified atom stereocenters. The van der Waals surface area contributed by atoms with Crippen molar-refractivity contribution < 1.29 is 32.0 Å². The molecular weight excluding hydrogens is 683 g/mol. The van der Waals surface area contributed by atoms with Crippen molar-refractivity contribution in [2.24, 2.45) is 0 Å². The van der Waals surface area contributed by atoms with Gasteiger partial charge in [0.1, 0.15) is 12.7 Å². The Kier molecular flexibility index (Phi) is 9.00. The lowest BCUT2D eigenvalue weighted by atomic mass is 9.96. The van der Waals surface area contributed by atoms with Crippen LogP contribution in [0.25, 0.3) is 22.4 Å². The summed E-state index contributed by atoms with van der Waals surface area (Å²) in [7, 11) is 1.84. The largest absolute Gasteiger partial charge is 0.406 e. The molecule has 14 heteroatoms. The Morgan fingerprint density at radius 2 is 1.98 bits per heavy atom. The molecule has 4 aromatic rings. The highest BCUT2D eigenvalue weighted by atomic mass is 127. The molecule has 1 fully saturated rings. The summed E-state index contributed by atoms with van der Waals surface area (Å²) >= 11 is 2.06. The van der Waals surface area contributed by atoms with Gasteiger partial charge >= 0.3 is 6.18 Å². The number of fused-ring (bicyclic) bond motifs is 1. The van der Waals surface area contributed by atoms with Crippen molar-refractivity contribution in [2.75, 3.05) is 29.9 Å². The molecular formula is C29H31F4IN6O3. The number of benzene rings is 2. The standard InChI is InChI=1S/C29H31F4IN6O3/c1-28(42,15-34)18-6-3-5-17(11-18)27(41)35-13-25-37-26(38-43-25)24-12-19-21(36-22-9-10-39(2)14-20(22)30)7-4-8-23(19)40(24)16-29(31,32)33/h3-8,11-12,20,22,36,42H,9-10,13-16H2,1-2H3,(H,35,41)/t20-,22+,28?/m0/s1. The third-order valence-electron chi connectivity index (χ3n) is 7.47. The summed E-state index contributed by atoms with van der Waals surface area (Å²) < 4.78 is 62.6. The van der Waals surface area contributed by atoms with E-state index in [2.05, 4.69) is 43.4 Å². The maximum atomic E-state index is 14.8. The Labute approximate surface area is 258 Å². The van der Waals surface area contributed by atoms with Crippen LogP contribution in [0.15, 0.2) is 53.1 Å². The number of halogens is 5. The van der Waals surface area contributed by atoms with E-state index in [1.807, 2.05) is 11.9 Å². The maximum Gasteiger partial charge on any atom is 0.406 e. The number of anilines is 1. The van der Waals surface area contributed by atoms with Gasteiger partial charge in [-0.05, 0) is 56.3 Å². The molecule has 2 aromatic carbocycles. The van der Waals surface area contributed by atoms with Crippen LogP contribution in [0.5, 0.6) is 0 Å². The molecule has 1 amide bonds. The summed E-state index contributed by atoms with van der Waals surface area (Å²) in [5.41, 5.74) is 0.645. The summed E-state index contributed by atoms with van der Waals surface area (Å²) in [6.07, 6.45) is -5.13. The number of amides is 1. The van der Waals surface area contributed by atoms with E-state index in [0.29, 0.717) is 39.6 Å². The van der Waals surface area contributed by atoms with E-state index in [4.69, 9.17) is 4.52 Å². The van der Waals surface area contributed by atoms with E-state index >= 15 is 0 Å². The number of hydrogen-bond donors (Lipinski definition) is 3. The van der Waals surface area contributed by atoms with E-state index < -0.39 is 36.4 Å². The van der Waals surface area contributed by atoms with Gasteiger partial charge in [0.15, 0.2) is 0 Å². The average Bonchev–Trinajstić information content (AvgIpc) is 3.57. The number of alkyl halides is 5. The number of likely N-dealkylation sites (tertiary alicyclic amines) is 1. The summed E-state index contributed by atoms with van der Waals surface area (Å²) in [4.78, 5) is 18.9. The quantitative estimate of drug-likeness (QED) is 0.123. The molecule has 0 radical (unpaired) electrons. The number of piperidine rings is 1. The smallest absolute Gasteiger partial charge is 0.385 e. The van der Waals surface area contributed by atoms with E-state index in [1.165, 1.54) is 6.07 Å². The van der Waals surface area contributed by atoms with Crippen molar-refractivity contribution in [3.8, 4) is 11.5 Å². The monoisotopic (exact) mass is 714 g/mol. The lowest BCUT2D eigenvalue weighted by Gasteiger charge is -2.33. The van der Waals surface area contributed by atoms with Crippen LogP contribution in [-0.4, -0.2) is 73.6 Å². The van der Waals surface area contributed by atoms with Crippen molar-refractivity contribution in [3.05, 3.63) is 65.5 Å². The van der Waals surface area contributed by atoms with Gasteiger partial charge in [0.05, 0.1) is 29.4 Å². The first kappa shape index (κ1) is 31.2. The Morgan fingerprint density at radius 3 is 2.70 bits per heavy atom. The van der Waals surface area contributed by atoms with Crippen molar-refractivity contribution >= 4 is 45.1 Å². The number of rotatable bonds is 9. The summed E-state index contributed by atoms with van der Waals surface area (Å²) in [5, 5.41) is 20.7. The van der Waals surface area contributed by atoms with Crippen molar-refractivity contribution in [1.29, 1.82) is 0 Å². The number of carbonyl (C=O) groups excluding carboxylic acids is 1. The highest BCUT2D eigenvalue weighted by Gasteiger charge is 2.32. The maximum absolute atomic E-state index is 14.8. The van der Waals surface area contributed by atoms with Crippen molar-refractivity contribution in [2.45, 2.75) is 50.4 Å². The minimum absolute atomic E-state index is 0.00692. The first-order valence-corrected chi connectivity index (χ1v) is 15.2. The fourth-order valence-corrected chi connectivity index (χ4v) is 5.57. The Balaban J connectivity index is 1.39. The minimum Gasteiger partial charge on any atom is -0.385 e. The SMILES string of the molecule is CN1CC[C@@H](Nc2cccc3c2cc(-c2noc(CNC(=O)c4cccc(C(C)(O)CI)c4)n2)n3CC(F)(F)F)[C@@H](F)C1. The molecule has 3 heterocycles. The molecule has 5 rings (SSSR count). The molecule has 3 N–H and O–H groups in total. The number of carbonyl (C=O) groups is 1. The Bertz CT molecular complexity index is 1600. The highest BCUT2D eigenvalue weighted by molar-refractivity contribution is 14.1. The predicted molar refractivity (Wildman–Crippen MR) is 162 cm³/mol. The zero-order valence-electron chi connectivity index (χ0n) is 23.5. The van der Waals surface area contributed by atoms with Gasteiger partial charge in [-0.25, -0.2) is 4.39 Å². The molecule has 0 saturated carbocycles. The average molecular weight is 715 g/mol. The van der Waals surface area contributed by atoms with Crippen LogP contribution in [-0.2, 0) is 18.7 Å². The van der Waals surface area contributed by atoms with Crippen molar-refractivity contribution in [1.82, 2.24) is 24.9 Å². The van der Waals surface area contributed by atoms with Gasteiger partial charge in [0.25, 0.3) is 5.91 Å². The Hall–Kier alpha value is -3.24. The van der Waals surface area contributed by atoms with Gasteiger partial charge in [-0.1, -0.05) is 45.9 Å². The van der Waals surface area contributed by atoms with E-state index in [9.17, 15) is 27.5 Å². The normalized spacial score (nSPS) is 19.3. The third kappa shape index (κ3) is 7.12. The van der Waals surface area contributed by atoms with Gasteiger partial charge in [0.2, 0.25) is 11.7 Å². The molecule has 43 heavy (non-hydrogen) atoms. The first-order chi connectivity index (χ1) is 20.3. The second kappa shape index (κ2) is 12.4. The van der Waals surface area contributed by atoms with Crippen LogP contribution in [0.1, 0.15) is 35.2 Å². The fourth-order valence-electron chi connectivity index (χ4n) is 5.13. The number of nitrogens with zero attached hydrogens (tertiary/aromatic N) is 4. The van der Waals surface area contributed by atoms with E-state index in [0.717, 1.165) is 4.57 Å². The van der Waals surface area contributed by atoms with Gasteiger partial charge in [-0.2, -0.15) is 18.2 Å². The van der Waals surface area contributed by atoms with Crippen molar-refractivity contribution in [3.63, 3.8) is 0 Å². The topological polar surface area (TPSA) is 108 Å². The molecule has 0 bridgehead atoms. The fraction of sp³-hybridized carbons (Fsp3) is 0.414. The number of nitrogens with one attached hydrogen (secondary N) is 2. The number of aliphatic hydroxyl groups is 1. The molecule has 1 saturated heterocycles. The molecule has 0 aliphatic carbocycles. The Morgan fingerprint density at radius 1 is 1.21 bits per heavy atom. The third-order valence-corrected chi connectivity index (χ3v) is 8.96. The van der Waals surface area contributed by atoms with Gasteiger partial charge in [-0.3, -0.25) is 4.79 Å². The van der Waals surface area contributed by atoms with Crippen LogP contribution in [0.4, 0.5) is 23.2 Å². The summed E-state index contributed by atoms with van der Waals surface area (Å²) in [5.74, 6) is -0.543. The molecule has 0 spiro atoms. The van der Waals surface area contributed by atoms with Crippen LogP contribution in [0.3, 0.4) is 0 Å². The first-order valence-electron chi connectivity index (χ1n) is 13.6. The molecule has 9 nitrogen and oxygen atoms in total. The highest BCUT2D eigenvalue weighted by Crippen LogP contribution is 2.35. The molecule has 3 atom stereocenters. The predicted octanol–water partition coefficient (Wildman–Crippen LogP) is 5.28. The second-order valence-corrected chi connectivity index (χ2v) is 11.7. The number of aromatic nitrogens is 3. The summed E-state index contributed by atoms with van der Waals surface area (Å²) in [6.45, 7) is 1.15. The lowest BCUT2D eigenvalue weighted by Crippen LogP contribution is -2.46. The van der Waals surface area contributed by atoms with Crippen LogP contribution in [0, 0.1) is 0 Å². The zero-order chi connectivity index (χ0) is 30.9. The molecule has 2 aromatic heterocycles. The summed E-state index contributed by atoms with van der Waals surface area (Å²) in [6, 6.07) is 12.5. The number of hydrogen-bond acceptors (Lipinski definition) is 7. The zero-order valence-corrected chi connectivity index (χ0v) is 25.6. The van der Waals surface area contributed by atoms with Crippen LogP contribution < -0.4 is 10.6 Å². The van der Waals surface area contributed by atoms with E-state index in [1.54, 1.807) is 49.4 Å². The molecule has 1 aliphatic heterocycles.